The van der Waals surface area contributed by atoms with Crippen molar-refractivity contribution in [1.29, 1.82) is 0 Å². The summed E-state index contributed by atoms with van der Waals surface area (Å²) in [4.78, 5) is 8.66. The average molecular weight is 267 g/mol. The molecule has 3 aromatic rings. The van der Waals surface area contributed by atoms with Crippen LogP contribution in [0.15, 0.2) is 40.8 Å². The smallest absolute Gasteiger partial charge is 0.134 e. The van der Waals surface area contributed by atoms with Gasteiger partial charge in [0.1, 0.15) is 23.0 Å². The van der Waals surface area contributed by atoms with Gasteiger partial charge < -0.3 is 9.73 Å². The molecule has 0 spiro atoms. The first-order valence-corrected chi connectivity index (χ1v) is 6.69. The summed E-state index contributed by atoms with van der Waals surface area (Å²) in [5.74, 6) is 2.49. The third kappa shape index (κ3) is 2.50. The largest absolute Gasteiger partial charge is 0.459 e. The minimum Gasteiger partial charge on any atom is -0.459 e. The van der Waals surface area contributed by atoms with Gasteiger partial charge in [-0.3, -0.25) is 0 Å². The highest BCUT2D eigenvalue weighted by molar-refractivity contribution is 5.77. The number of hydrogen-bond acceptors (Lipinski definition) is 4. The predicted molar refractivity (Wildman–Crippen MR) is 79.8 cm³/mol. The first-order chi connectivity index (χ1) is 9.61. The zero-order valence-electron chi connectivity index (χ0n) is 11.8. The lowest BCUT2D eigenvalue weighted by atomic mass is 10.2. The summed E-state index contributed by atoms with van der Waals surface area (Å²) in [5, 5.41) is 4.47. The van der Waals surface area contributed by atoms with E-state index in [0.29, 0.717) is 0 Å². The molecule has 0 aliphatic rings. The second-order valence-electron chi connectivity index (χ2n) is 4.99. The molecule has 0 aliphatic carbocycles. The molecule has 0 amide bonds. The Balaban J connectivity index is 1.86. The van der Waals surface area contributed by atoms with Crippen molar-refractivity contribution in [3.8, 4) is 0 Å². The van der Waals surface area contributed by atoms with Gasteiger partial charge in [0.15, 0.2) is 0 Å². The topological polar surface area (TPSA) is 51.0 Å². The summed E-state index contributed by atoms with van der Waals surface area (Å²) in [7, 11) is 0. The normalized spacial score (nSPS) is 12.6. The predicted octanol–water partition coefficient (Wildman–Crippen LogP) is 4.01. The molecule has 20 heavy (non-hydrogen) atoms. The van der Waals surface area contributed by atoms with Crippen molar-refractivity contribution in [3.63, 3.8) is 0 Å². The van der Waals surface area contributed by atoms with Crippen LogP contribution in [-0.4, -0.2) is 9.97 Å². The average Bonchev–Trinajstić information content (AvgIpc) is 2.81. The van der Waals surface area contributed by atoms with Crippen LogP contribution in [0.1, 0.15) is 30.2 Å². The number of benzene rings is 1. The van der Waals surface area contributed by atoms with Gasteiger partial charge in [0.2, 0.25) is 0 Å². The van der Waals surface area contributed by atoms with Gasteiger partial charge in [-0.05, 0) is 32.9 Å². The summed E-state index contributed by atoms with van der Waals surface area (Å²) >= 11 is 0. The van der Waals surface area contributed by atoms with Crippen LogP contribution >= 0.6 is 0 Å². The molecule has 0 bridgehead atoms. The van der Waals surface area contributed by atoms with Crippen LogP contribution in [0.25, 0.3) is 11.0 Å². The second-order valence-corrected chi connectivity index (χ2v) is 4.99. The minimum absolute atomic E-state index is 0.0519. The number of rotatable bonds is 3. The van der Waals surface area contributed by atoms with Gasteiger partial charge in [-0.1, -0.05) is 18.2 Å². The molecule has 2 heterocycles. The maximum atomic E-state index is 5.86. The number of nitrogens with zero attached hydrogens (tertiary/aromatic N) is 2. The summed E-state index contributed by atoms with van der Waals surface area (Å²) in [5.41, 5.74) is 1.86. The number of fused-ring (bicyclic) bond motifs is 1. The van der Waals surface area contributed by atoms with E-state index in [1.165, 1.54) is 0 Å². The molecule has 4 heteroatoms. The van der Waals surface area contributed by atoms with E-state index >= 15 is 0 Å². The molecule has 0 fully saturated rings. The van der Waals surface area contributed by atoms with Crippen LogP contribution in [0.4, 0.5) is 5.82 Å². The molecule has 0 saturated heterocycles. The van der Waals surface area contributed by atoms with Crippen molar-refractivity contribution in [3.05, 3.63) is 53.7 Å². The molecule has 1 atom stereocenters. The van der Waals surface area contributed by atoms with E-state index in [1.54, 1.807) is 0 Å². The highest BCUT2D eigenvalue weighted by Crippen LogP contribution is 2.25. The number of anilines is 1. The lowest BCUT2D eigenvalue weighted by Crippen LogP contribution is -2.08. The Labute approximate surface area is 117 Å². The number of aryl methyl sites for hydroxylation is 2. The van der Waals surface area contributed by atoms with E-state index < -0.39 is 0 Å². The van der Waals surface area contributed by atoms with Crippen LogP contribution in [-0.2, 0) is 0 Å². The zero-order valence-corrected chi connectivity index (χ0v) is 11.8. The van der Waals surface area contributed by atoms with E-state index in [0.717, 1.165) is 34.1 Å². The van der Waals surface area contributed by atoms with Gasteiger partial charge in [0.25, 0.3) is 0 Å². The van der Waals surface area contributed by atoms with E-state index in [2.05, 4.69) is 28.3 Å². The monoisotopic (exact) mass is 267 g/mol. The molecule has 102 valence electrons. The Hall–Kier alpha value is -2.36. The lowest BCUT2D eigenvalue weighted by molar-refractivity contribution is 0.525. The number of furan rings is 1. The fraction of sp³-hybridized carbons (Fsp3) is 0.250. The van der Waals surface area contributed by atoms with Crippen LogP contribution < -0.4 is 5.32 Å². The molecule has 0 unspecified atom stereocenters. The fourth-order valence-corrected chi connectivity index (χ4v) is 2.30. The van der Waals surface area contributed by atoms with Crippen molar-refractivity contribution in [2.75, 3.05) is 5.32 Å². The first-order valence-electron chi connectivity index (χ1n) is 6.69. The van der Waals surface area contributed by atoms with Gasteiger partial charge in [-0.2, -0.15) is 0 Å². The van der Waals surface area contributed by atoms with Crippen molar-refractivity contribution in [1.82, 2.24) is 9.97 Å². The standard InChI is InChI=1S/C16H17N3O/c1-10-8-16(19-12(3)17-10)18-11(2)15-9-13-6-4-5-7-14(13)20-15/h4-9,11H,1-3H3,(H,17,18,19)/t11-/m1/s1. The quantitative estimate of drug-likeness (QED) is 0.779. The van der Waals surface area contributed by atoms with Crippen LogP contribution in [0.5, 0.6) is 0 Å². The molecular formula is C16H17N3O. The molecule has 0 aliphatic heterocycles. The van der Waals surface area contributed by atoms with Crippen LogP contribution in [0, 0.1) is 13.8 Å². The second kappa shape index (κ2) is 4.96. The summed E-state index contributed by atoms with van der Waals surface area (Å²) in [6.45, 7) is 5.92. The third-order valence-corrected chi connectivity index (χ3v) is 3.20. The first kappa shape index (κ1) is 12.7. The SMILES string of the molecule is Cc1cc(N[C@H](C)c2cc3ccccc3o2)nc(C)n1. The molecule has 0 saturated carbocycles. The van der Waals surface area contributed by atoms with Gasteiger partial charge in [0, 0.05) is 17.1 Å². The van der Waals surface area contributed by atoms with Crippen molar-refractivity contribution in [2.45, 2.75) is 26.8 Å². The Morgan fingerprint density at radius 3 is 2.65 bits per heavy atom. The van der Waals surface area contributed by atoms with Crippen molar-refractivity contribution in [2.24, 2.45) is 0 Å². The molecule has 2 aromatic heterocycles. The Bertz CT molecular complexity index is 695. The summed E-state index contributed by atoms with van der Waals surface area (Å²) in [6, 6.07) is 12.1. The number of hydrogen-bond donors (Lipinski definition) is 1. The van der Waals surface area contributed by atoms with Crippen LogP contribution in [0.3, 0.4) is 0 Å². The van der Waals surface area contributed by atoms with E-state index in [9.17, 15) is 0 Å². The maximum absolute atomic E-state index is 5.86. The van der Waals surface area contributed by atoms with Gasteiger partial charge in [0.05, 0.1) is 6.04 Å². The lowest BCUT2D eigenvalue weighted by Gasteiger charge is -2.12. The van der Waals surface area contributed by atoms with E-state index in [-0.39, 0.29) is 6.04 Å². The Morgan fingerprint density at radius 2 is 1.90 bits per heavy atom. The minimum atomic E-state index is 0.0519. The summed E-state index contributed by atoms with van der Waals surface area (Å²) in [6.07, 6.45) is 0. The number of nitrogens with one attached hydrogen (secondary N) is 1. The number of para-hydroxylation sites is 1. The number of aromatic nitrogens is 2. The maximum Gasteiger partial charge on any atom is 0.134 e. The van der Waals surface area contributed by atoms with Gasteiger partial charge in [-0.25, -0.2) is 9.97 Å². The van der Waals surface area contributed by atoms with E-state index in [1.807, 2.05) is 44.2 Å². The summed E-state index contributed by atoms with van der Waals surface area (Å²) < 4.78 is 5.86. The third-order valence-electron chi connectivity index (χ3n) is 3.20. The highest BCUT2D eigenvalue weighted by atomic mass is 16.3. The van der Waals surface area contributed by atoms with E-state index in [4.69, 9.17) is 4.42 Å². The molecule has 0 radical (unpaired) electrons. The molecule has 1 N–H and O–H groups in total. The van der Waals surface area contributed by atoms with Gasteiger partial charge >= 0.3 is 0 Å². The molecule has 4 nitrogen and oxygen atoms in total. The Kier molecular flexibility index (Phi) is 3.14. The molecular weight excluding hydrogens is 250 g/mol. The van der Waals surface area contributed by atoms with Crippen LogP contribution in [0.2, 0.25) is 0 Å². The van der Waals surface area contributed by atoms with Crippen molar-refractivity contribution < 1.29 is 4.42 Å². The highest BCUT2D eigenvalue weighted by Gasteiger charge is 2.12. The molecule has 3 rings (SSSR count). The van der Waals surface area contributed by atoms with Gasteiger partial charge in [-0.15, -0.1) is 0 Å². The van der Waals surface area contributed by atoms with Crippen molar-refractivity contribution >= 4 is 16.8 Å². The fourth-order valence-electron chi connectivity index (χ4n) is 2.30. The Morgan fingerprint density at radius 1 is 1.10 bits per heavy atom. The molecule has 1 aromatic carbocycles. The zero-order chi connectivity index (χ0) is 14.1.